The average Bonchev–Trinajstić information content (AvgIpc) is 3.69. The van der Waals surface area contributed by atoms with E-state index in [4.69, 9.17) is 9.15 Å². The Balaban J connectivity index is 0.000000612. The molecule has 2 aromatic rings. The largest absolute Gasteiger partial charge is 0.497 e. The van der Waals surface area contributed by atoms with E-state index in [1.54, 1.807) is 32.0 Å². The van der Waals surface area contributed by atoms with Crippen molar-refractivity contribution in [2.45, 2.75) is 94.2 Å². The van der Waals surface area contributed by atoms with E-state index in [-0.39, 0.29) is 23.9 Å². The second kappa shape index (κ2) is 22.9. The highest BCUT2D eigenvalue weighted by atomic mass is 16.5. The van der Waals surface area contributed by atoms with Gasteiger partial charge in [-0.3, -0.25) is 14.9 Å². The lowest BCUT2D eigenvalue weighted by Gasteiger charge is -2.08. The third-order valence-electron chi connectivity index (χ3n) is 6.12. The number of carbonyl (C=O) groups is 3. The van der Waals surface area contributed by atoms with Crippen LogP contribution in [0.3, 0.4) is 0 Å². The zero-order valence-electron chi connectivity index (χ0n) is 28.9. The Hall–Kier alpha value is -4.59. The maximum absolute atomic E-state index is 11.5. The summed E-state index contributed by atoms with van der Waals surface area (Å²) >= 11 is 0. The summed E-state index contributed by atoms with van der Waals surface area (Å²) in [7, 11) is 3.40. The number of aromatic nitrogens is 2. The van der Waals surface area contributed by atoms with Crippen molar-refractivity contribution >= 4 is 23.9 Å². The Morgan fingerprint density at radius 3 is 2.27 bits per heavy atom. The van der Waals surface area contributed by atoms with E-state index >= 15 is 0 Å². The van der Waals surface area contributed by atoms with E-state index in [1.165, 1.54) is 11.1 Å². The first kappa shape index (κ1) is 40.4. The van der Waals surface area contributed by atoms with E-state index in [0.29, 0.717) is 24.9 Å². The number of ether oxygens (including phenoxy) is 1. The molecule has 1 saturated heterocycles. The minimum atomic E-state index is -0.383. The molecule has 0 bridgehead atoms. The summed E-state index contributed by atoms with van der Waals surface area (Å²) < 4.78 is 10.0. The van der Waals surface area contributed by atoms with Crippen LogP contribution in [0.15, 0.2) is 45.9 Å². The Labute approximate surface area is 269 Å². The van der Waals surface area contributed by atoms with Crippen molar-refractivity contribution in [1.29, 1.82) is 0 Å². The van der Waals surface area contributed by atoms with Gasteiger partial charge in [-0.15, -0.1) is 16.9 Å². The van der Waals surface area contributed by atoms with Crippen LogP contribution in [0.5, 0.6) is 5.75 Å². The van der Waals surface area contributed by atoms with Gasteiger partial charge in [0.15, 0.2) is 0 Å². The molecule has 0 spiro atoms. The number of amides is 4. The number of rotatable bonds is 8. The van der Waals surface area contributed by atoms with Crippen molar-refractivity contribution < 1.29 is 23.5 Å². The fraction of sp³-hybridized carbons (Fsp3) is 0.500. The summed E-state index contributed by atoms with van der Waals surface area (Å²) in [5.74, 6) is 6.55. The number of allylic oxidation sites excluding steroid dienone is 4. The highest BCUT2D eigenvalue weighted by Crippen LogP contribution is 2.25. The predicted octanol–water partition coefficient (Wildman–Crippen LogP) is 6.42. The normalized spacial score (nSPS) is 14.1. The average molecular weight is 625 g/mol. The number of fused-ring (bicyclic) bond motifs is 1. The summed E-state index contributed by atoms with van der Waals surface area (Å²) in [6, 6.07) is 5.35. The molecule has 11 nitrogen and oxygen atoms in total. The summed E-state index contributed by atoms with van der Waals surface area (Å²) in [5.41, 5.74) is 4.39. The molecule has 0 radical (unpaired) electrons. The second-order valence-electron chi connectivity index (χ2n) is 9.82. The van der Waals surface area contributed by atoms with Crippen LogP contribution in [0.2, 0.25) is 0 Å². The predicted molar refractivity (Wildman–Crippen MR) is 180 cm³/mol. The van der Waals surface area contributed by atoms with Gasteiger partial charge in [0.05, 0.1) is 7.11 Å². The molecule has 1 unspecified atom stereocenters. The fourth-order valence-corrected chi connectivity index (χ4v) is 3.73. The van der Waals surface area contributed by atoms with Crippen molar-refractivity contribution in [1.82, 2.24) is 25.7 Å². The zero-order valence-corrected chi connectivity index (χ0v) is 28.9. The lowest BCUT2D eigenvalue weighted by atomic mass is 10.0. The molecular formula is C34H52N6O5. The van der Waals surface area contributed by atoms with Crippen molar-refractivity contribution in [3.05, 3.63) is 58.5 Å². The summed E-state index contributed by atoms with van der Waals surface area (Å²) in [5, 5.41) is 15.1. The standard InChI is InChI=1S/C13H20N2O2.C10H11NO2.C5H9N3O.C4H6.C2H6/c1-4-10(6-5-9(2)3)7-8-11-12(16)15-13(17)14-11;1-11-6-7-3-4-8(13-2)5-9(7)10(11)12;1-3-6-5-8-7-4(2)9-5;1-3-4-2;1-2/h5-6,11H,4,7-8H2,1-3H3,(H2,14,15,16,17);3-5H,6H2,1-2H3;3H2,1-2H3,(H,6,8);1-2H3;1-2H3/b10-6+;;;;. The quantitative estimate of drug-likeness (QED) is 0.174. The number of aryl methyl sites for hydroxylation is 1. The number of imide groups is 1. The SMILES string of the molecule is CC.CC#CC.CC/C(=C\C=C(C)C)CCC1NC(=O)NC1=O.CCNc1nnc(C)o1.COc1ccc2c(c1)C(=O)N(C)C2. The van der Waals surface area contributed by atoms with Crippen LogP contribution < -0.4 is 20.7 Å². The number of urea groups is 1. The van der Waals surface area contributed by atoms with E-state index < -0.39 is 0 Å². The van der Waals surface area contributed by atoms with Gasteiger partial charge in [-0.1, -0.05) is 55.2 Å². The van der Waals surface area contributed by atoms with Gasteiger partial charge in [-0.05, 0) is 71.6 Å². The molecule has 0 aliphatic carbocycles. The lowest BCUT2D eigenvalue weighted by Crippen LogP contribution is -2.28. The fourth-order valence-electron chi connectivity index (χ4n) is 3.73. The molecular weight excluding hydrogens is 572 g/mol. The monoisotopic (exact) mass is 624 g/mol. The summed E-state index contributed by atoms with van der Waals surface area (Å²) in [6.07, 6.45) is 6.63. The van der Waals surface area contributed by atoms with Crippen molar-refractivity contribution in [3.8, 4) is 17.6 Å². The molecule has 4 rings (SSSR count). The lowest BCUT2D eigenvalue weighted by molar-refractivity contribution is -0.120. The Bertz CT molecular complexity index is 1330. The zero-order chi connectivity index (χ0) is 34.4. The molecule has 3 heterocycles. The topological polar surface area (TPSA) is 139 Å². The van der Waals surface area contributed by atoms with Gasteiger partial charge in [-0.2, -0.15) is 0 Å². The first-order valence-corrected chi connectivity index (χ1v) is 15.2. The number of nitrogens with zero attached hydrogens (tertiary/aromatic N) is 3. The van der Waals surface area contributed by atoms with Gasteiger partial charge in [0, 0.05) is 32.6 Å². The highest BCUT2D eigenvalue weighted by Gasteiger charge is 2.28. The van der Waals surface area contributed by atoms with Crippen LogP contribution in [0.1, 0.15) is 96.5 Å². The third kappa shape index (κ3) is 15.6. The molecule has 4 amide bonds. The van der Waals surface area contributed by atoms with E-state index in [2.05, 4.69) is 70.9 Å². The molecule has 1 fully saturated rings. The molecule has 0 saturated carbocycles. The van der Waals surface area contributed by atoms with Crippen LogP contribution in [-0.2, 0) is 11.3 Å². The first-order valence-electron chi connectivity index (χ1n) is 15.2. The molecule has 1 atom stereocenters. The molecule has 11 heteroatoms. The minimum absolute atomic E-state index is 0.0777. The van der Waals surface area contributed by atoms with E-state index in [9.17, 15) is 14.4 Å². The number of hydrogen-bond donors (Lipinski definition) is 3. The van der Waals surface area contributed by atoms with Crippen molar-refractivity contribution in [2.24, 2.45) is 0 Å². The van der Waals surface area contributed by atoms with Gasteiger partial charge in [0.25, 0.3) is 11.8 Å². The summed E-state index contributed by atoms with van der Waals surface area (Å²) in [6.45, 7) is 19.1. The van der Waals surface area contributed by atoms with Gasteiger partial charge >= 0.3 is 12.0 Å². The van der Waals surface area contributed by atoms with Gasteiger partial charge in [-0.25, -0.2) is 4.79 Å². The molecule has 248 valence electrons. The molecule has 1 aromatic carbocycles. The van der Waals surface area contributed by atoms with Crippen LogP contribution in [0.25, 0.3) is 0 Å². The van der Waals surface area contributed by atoms with Crippen LogP contribution in [0.4, 0.5) is 10.8 Å². The van der Waals surface area contributed by atoms with Gasteiger partial charge < -0.3 is 24.7 Å². The van der Waals surface area contributed by atoms with Crippen LogP contribution in [-0.4, -0.2) is 59.7 Å². The summed E-state index contributed by atoms with van der Waals surface area (Å²) in [4.78, 5) is 35.5. The van der Waals surface area contributed by atoms with E-state index in [1.807, 2.05) is 46.8 Å². The number of methoxy groups -OCH3 is 1. The second-order valence-corrected chi connectivity index (χ2v) is 9.82. The number of carbonyl (C=O) groups excluding carboxylic acids is 3. The smallest absolute Gasteiger partial charge is 0.322 e. The Kier molecular flexibility index (Phi) is 20.5. The van der Waals surface area contributed by atoms with Gasteiger partial charge in [0.1, 0.15) is 11.8 Å². The Morgan fingerprint density at radius 2 is 1.80 bits per heavy atom. The first-order chi connectivity index (χ1) is 21.5. The minimum Gasteiger partial charge on any atom is -0.497 e. The van der Waals surface area contributed by atoms with Crippen molar-refractivity contribution in [3.63, 3.8) is 0 Å². The van der Waals surface area contributed by atoms with Crippen LogP contribution in [0, 0.1) is 18.8 Å². The molecule has 45 heavy (non-hydrogen) atoms. The number of anilines is 1. The molecule has 2 aliphatic heterocycles. The number of benzene rings is 1. The van der Waals surface area contributed by atoms with Crippen LogP contribution >= 0.6 is 0 Å². The maximum atomic E-state index is 11.5. The number of nitrogens with one attached hydrogen (secondary N) is 3. The Morgan fingerprint density at radius 1 is 1.13 bits per heavy atom. The molecule has 1 aromatic heterocycles. The molecule has 3 N–H and O–H groups in total. The molecule has 2 aliphatic rings. The number of hydrogen-bond acceptors (Lipinski definition) is 8. The highest BCUT2D eigenvalue weighted by molar-refractivity contribution is 6.04. The van der Waals surface area contributed by atoms with E-state index in [0.717, 1.165) is 36.3 Å². The third-order valence-corrected chi connectivity index (χ3v) is 6.12. The van der Waals surface area contributed by atoms with Crippen molar-refractivity contribution in [2.75, 3.05) is 26.0 Å². The maximum Gasteiger partial charge on any atom is 0.322 e. The van der Waals surface area contributed by atoms with Gasteiger partial charge in [0.2, 0.25) is 5.89 Å².